The van der Waals surface area contributed by atoms with Gasteiger partial charge in [-0.25, -0.2) is 10.5 Å². The van der Waals surface area contributed by atoms with Gasteiger partial charge in [-0.3, -0.25) is 10.2 Å². The molecule has 9 nitrogen and oxygen atoms in total. The van der Waals surface area contributed by atoms with Crippen LogP contribution in [-0.4, -0.2) is 40.6 Å². The van der Waals surface area contributed by atoms with E-state index in [9.17, 15) is 4.79 Å². The average Bonchev–Trinajstić information content (AvgIpc) is 2.91. The molecule has 2 aromatic rings. The number of thioether (sulfide) groups is 1. The van der Waals surface area contributed by atoms with Crippen LogP contribution in [0.5, 0.6) is 11.5 Å². The van der Waals surface area contributed by atoms with Crippen molar-refractivity contribution >= 4 is 23.5 Å². The Morgan fingerprint density at radius 2 is 2.05 bits per heavy atom. The maximum absolute atomic E-state index is 12.2. The van der Waals surface area contributed by atoms with Crippen molar-refractivity contribution < 1.29 is 14.3 Å². The zero-order valence-corrected chi connectivity index (χ0v) is 12.9. The lowest BCUT2D eigenvalue weighted by Crippen LogP contribution is -2.19. The topological polar surface area (TPSA) is 130 Å². The number of carbonyl (C=O) groups is 1. The third-order valence-corrected chi connectivity index (χ3v) is 3.77. The molecule has 0 aliphatic carbocycles. The van der Waals surface area contributed by atoms with Crippen LogP contribution in [0.2, 0.25) is 0 Å². The summed E-state index contributed by atoms with van der Waals surface area (Å²) in [6, 6.07) is 4.98. The molecule has 0 aliphatic rings. The van der Waals surface area contributed by atoms with E-state index in [1.807, 2.05) is 0 Å². The number of methoxy groups -OCH3 is 2. The molecule has 0 saturated heterocycles. The van der Waals surface area contributed by atoms with Crippen molar-refractivity contribution in [2.24, 2.45) is 5.84 Å². The summed E-state index contributed by atoms with van der Waals surface area (Å²) < 4.78 is 11.5. The standard InChI is InChI=1S/C12H16N6O3S/c1-20-9-4-3-7(5-10(9)21-2)8(19)6-22-12-17-16-11(15-13)18(12)14/h3-5H,6,13-14H2,1-2H3,(H,15,16). The van der Waals surface area contributed by atoms with Crippen LogP contribution < -0.4 is 26.6 Å². The van der Waals surface area contributed by atoms with E-state index in [-0.39, 0.29) is 17.5 Å². The first kappa shape index (κ1) is 15.9. The second kappa shape index (κ2) is 7.00. The lowest BCUT2D eigenvalue weighted by molar-refractivity contribution is 0.102. The molecule has 0 saturated carbocycles. The number of hydrogen-bond donors (Lipinski definition) is 3. The van der Waals surface area contributed by atoms with Gasteiger partial charge in [0.2, 0.25) is 5.16 Å². The van der Waals surface area contributed by atoms with E-state index < -0.39 is 0 Å². The summed E-state index contributed by atoms with van der Waals surface area (Å²) >= 11 is 1.16. The van der Waals surface area contributed by atoms with Crippen LogP contribution in [0.1, 0.15) is 10.4 Å². The number of aromatic nitrogens is 3. The molecule has 22 heavy (non-hydrogen) atoms. The number of ether oxygens (including phenoxy) is 2. The first-order valence-corrected chi connectivity index (χ1v) is 7.14. The van der Waals surface area contributed by atoms with Crippen LogP contribution in [0.25, 0.3) is 0 Å². The van der Waals surface area contributed by atoms with Gasteiger partial charge in [-0.05, 0) is 18.2 Å². The number of rotatable bonds is 7. The Balaban J connectivity index is 2.07. The second-order valence-corrected chi connectivity index (χ2v) is 5.04. The van der Waals surface area contributed by atoms with Gasteiger partial charge in [-0.2, -0.15) is 0 Å². The van der Waals surface area contributed by atoms with Crippen molar-refractivity contribution in [3.05, 3.63) is 23.8 Å². The molecule has 1 aromatic heterocycles. The number of anilines is 1. The number of carbonyl (C=O) groups excluding carboxylic acids is 1. The smallest absolute Gasteiger partial charge is 0.258 e. The molecule has 118 valence electrons. The van der Waals surface area contributed by atoms with Crippen LogP contribution >= 0.6 is 11.8 Å². The van der Waals surface area contributed by atoms with Crippen molar-refractivity contribution in [2.75, 3.05) is 31.2 Å². The Bertz CT molecular complexity index is 675. The number of hydrazine groups is 1. The van der Waals surface area contributed by atoms with Gasteiger partial charge in [0, 0.05) is 5.56 Å². The zero-order valence-electron chi connectivity index (χ0n) is 12.1. The molecule has 0 bridgehead atoms. The molecule has 5 N–H and O–H groups in total. The summed E-state index contributed by atoms with van der Waals surface area (Å²) in [4.78, 5) is 12.2. The quantitative estimate of drug-likeness (QED) is 0.284. The molecule has 0 atom stereocenters. The van der Waals surface area contributed by atoms with Gasteiger partial charge in [0.05, 0.1) is 20.0 Å². The van der Waals surface area contributed by atoms with Crippen LogP contribution in [0.15, 0.2) is 23.4 Å². The third-order valence-electron chi connectivity index (χ3n) is 2.83. The van der Waals surface area contributed by atoms with E-state index >= 15 is 0 Å². The molecule has 1 aromatic carbocycles. The maximum atomic E-state index is 12.2. The predicted molar refractivity (Wildman–Crippen MR) is 82.6 cm³/mol. The first-order valence-electron chi connectivity index (χ1n) is 6.15. The SMILES string of the molecule is COc1ccc(C(=O)CSc2nnc(NN)n2N)cc1OC. The van der Waals surface area contributed by atoms with Crippen molar-refractivity contribution in [1.29, 1.82) is 0 Å². The Morgan fingerprint density at radius 3 is 2.64 bits per heavy atom. The normalized spacial score (nSPS) is 10.3. The molecule has 0 radical (unpaired) electrons. The van der Waals surface area contributed by atoms with Crippen LogP contribution in [0.4, 0.5) is 5.95 Å². The minimum Gasteiger partial charge on any atom is -0.493 e. The second-order valence-electron chi connectivity index (χ2n) is 4.10. The maximum Gasteiger partial charge on any atom is 0.258 e. The number of benzene rings is 1. The van der Waals surface area contributed by atoms with Crippen molar-refractivity contribution in [3.8, 4) is 11.5 Å². The van der Waals surface area contributed by atoms with E-state index in [1.54, 1.807) is 18.2 Å². The highest BCUT2D eigenvalue weighted by molar-refractivity contribution is 7.99. The van der Waals surface area contributed by atoms with Gasteiger partial charge in [-0.15, -0.1) is 10.2 Å². The van der Waals surface area contributed by atoms with Gasteiger partial charge < -0.3 is 15.3 Å². The van der Waals surface area contributed by atoms with E-state index in [2.05, 4.69) is 15.6 Å². The van der Waals surface area contributed by atoms with Crippen molar-refractivity contribution in [2.45, 2.75) is 5.16 Å². The molecule has 0 aliphatic heterocycles. The fourth-order valence-corrected chi connectivity index (χ4v) is 2.45. The number of nitrogens with zero attached hydrogens (tertiary/aromatic N) is 3. The number of ketones is 1. The van der Waals surface area contributed by atoms with E-state index in [0.717, 1.165) is 11.8 Å². The Kier molecular flexibility index (Phi) is 5.07. The molecule has 2 rings (SSSR count). The summed E-state index contributed by atoms with van der Waals surface area (Å²) in [7, 11) is 3.05. The number of nitrogens with one attached hydrogen (secondary N) is 1. The molecule has 10 heteroatoms. The minimum absolute atomic E-state index is 0.101. The zero-order chi connectivity index (χ0) is 16.1. The van der Waals surface area contributed by atoms with Crippen LogP contribution in [0.3, 0.4) is 0 Å². The lowest BCUT2D eigenvalue weighted by Gasteiger charge is -2.09. The number of Topliss-reactive ketones (excluding diaryl/α,β-unsaturated/α-hetero) is 1. The predicted octanol–water partition coefficient (Wildman–Crippen LogP) is 0.270. The summed E-state index contributed by atoms with van der Waals surface area (Å²) in [6.07, 6.45) is 0. The molecular formula is C12H16N6O3S. The third kappa shape index (κ3) is 3.23. The van der Waals surface area contributed by atoms with Gasteiger partial charge in [0.25, 0.3) is 5.95 Å². The highest BCUT2D eigenvalue weighted by Crippen LogP contribution is 2.28. The van der Waals surface area contributed by atoms with E-state index in [4.69, 9.17) is 21.2 Å². The first-order chi connectivity index (χ1) is 10.6. The molecule has 0 spiro atoms. The van der Waals surface area contributed by atoms with Crippen LogP contribution in [-0.2, 0) is 0 Å². The molecular weight excluding hydrogens is 308 g/mol. The van der Waals surface area contributed by atoms with Gasteiger partial charge in [0.1, 0.15) is 0 Å². The average molecular weight is 324 g/mol. The Hall–Kier alpha value is -2.46. The fourth-order valence-electron chi connectivity index (χ4n) is 1.70. The van der Waals surface area contributed by atoms with Crippen molar-refractivity contribution in [3.63, 3.8) is 0 Å². The minimum atomic E-state index is -0.101. The summed E-state index contributed by atoms with van der Waals surface area (Å²) in [5.41, 5.74) is 2.80. The van der Waals surface area contributed by atoms with Crippen LogP contribution in [0, 0.1) is 0 Å². The Morgan fingerprint density at radius 1 is 1.32 bits per heavy atom. The fraction of sp³-hybridized carbons (Fsp3) is 0.250. The highest BCUT2D eigenvalue weighted by Gasteiger charge is 2.14. The number of hydrogen-bond acceptors (Lipinski definition) is 9. The van der Waals surface area contributed by atoms with Crippen molar-refractivity contribution in [1.82, 2.24) is 14.9 Å². The van der Waals surface area contributed by atoms with E-state index in [1.165, 1.54) is 18.9 Å². The van der Waals surface area contributed by atoms with Gasteiger partial charge in [-0.1, -0.05) is 11.8 Å². The summed E-state index contributed by atoms with van der Waals surface area (Å²) in [5.74, 6) is 12.2. The number of nitrogen functional groups attached to an aromatic ring is 2. The van der Waals surface area contributed by atoms with E-state index in [0.29, 0.717) is 22.2 Å². The van der Waals surface area contributed by atoms with Gasteiger partial charge >= 0.3 is 0 Å². The number of nitrogens with two attached hydrogens (primary N) is 2. The molecule has 0 fully saturated rings. The largest absolute Gasteiger partial charge is 0.493 e. The lowest BCUT2D eigenvalue weighted by atomic mass is 10.1. The molecule has 1 heterocycles. The summed E-state index contributed by atoms with van der Waals surface area (Å²) in [6.45, 7) is 0. The highest BCUT2D eigenvalue weighted by atomic mass is 32.2. The molecule has 0 amide bonds. The monoisotopic (exact) mass is 324 g/mol. The molecule has 0 unspecified atom stereocenters. The van der Waals surface area contributed by atoms with Gasteiger partial charge in [0.15, 0.2) is 17.3 Å². The summed E-state index contributed by atoms with van der Waals surface area (Å²) in [5, 5.41) is 7.92. The Labute approximate surface area is 130 Å².